The molecule has 0 spiro atoms. The highest BCUT2D eigenvalue weighted by atomic mass is 79.9. The van der Waals surface area contributed by atoms with Gasteiger partial charge in [0.15, 0.2) is 0 Å². The molecule has 1 aromatic heterocycles. The molecule has 0 amide bonds. The van der Waals surface area contributed by atoms with Crippen molar-refractivity contribution in [2.24, 2.45) is 0 Å². The molecule has 0 radical (unpaired) electrons. The molecule has 3 nitrogen and oxygen atoms in total. The molecule has 2 aromatic rings. The van der Waals surface area contributed by atoms with Crippen LogP contribution in [0.3, 0.4) is 0 Å². The van der Waals surface area contributed by atoms with Crippen molar-refractivity contribution in [3.8, 4) is 0 Å². The molecule has 0 aliphatic carbocycles. The average Bonchev–Trinajstić information content (AvgIpc) is 2.75. The normalized spacial score (nSPS) is 12.6. The SMILES string of the molecule is CCNC(C)c1ccc(Br)cc1Sc1nc(C)co1. The summed E-state index contributed by atoms with van der Waals surface area (Å²) >= 11 is 5.07. The fourth-order valence-corrected chi connectivity index (χ4v) is 3.38. The molecule has 1 heterocycles. The van der Waals surface area contributed by atoms with E-state index in [0.717, 1.165) is 21.6 Å². The molecular weight excluding hydrogens is 324 g/mol. The van der Waals surface area contributed by atoms with E-state index in [9.17, 15) is 0 Å². The number of aryl methyl sites for hydroxylation is 1. The average molecular weight is 341 g/mol. The van der Waals surface area contributed by atoms with Gasteiger partial charge in [0.25, 0.3) is 5.22 Å². The van der Waals surface area contributed by atoms with Gasteiger partial charge in [0.1, 0.15) is 6.26 Å². The Morgan fingerprint density at radius 3 is 2.89 bits per heavy atom. The van der Waals surface area contributed by atoms with E-state index in [0.29, 0.717) is 11.3 Å². The summed E-state index contributed by atoms with van der Waals surface area (Å²) in [6.07, 6.45) is 1.67. The van der Waals surface area contributed by atoms with Crippen LogP contribution in [-0.2, 0) is 0 Å². The van der Waals surface area contributed by atoms with Gasteiger partial charge in [-0.05, 0) is 49.9 Å². The number of nitrogens with one attached hydrogen (secondary N) is 1. The molecule has 0 aliphatic heterocycles. The molecule has 0 bridgehead atoms. The van der Waals surface area contributed by atoms with Crippen LogP contribution in [0.1, 0.15) is 31.1 Å². The first-order chi connectivity index (χ1) is 9.10. The zero-order valence-corrected chi connectivity index (χ0v) is 13.6. The van der Waals surface area contributed by atoms with Crippen LogP contribution in [0.2, 0.25) is 0 Å². The molecule has 0 saturated heterocycles. The molecule has 1 unspecified atom stereocenters. The zero-order chi connectivity index (χ0) is 13.8. The topological polar surface area (TPSA) is 38.1 Å². The minimum absolute atomic E-state index is 0.302. The number of hydrogen-bond donors (Lipinski definition) is 1. The molecule has 1 aromatic carbocycles. The molecule has 1 N–H and O–H groups in total. The van der Waals surface area contributed by atoms with Gasteiger partial charge < -0.3 is 9.73 Å². The van der Waals surface area contributed by atoms with Crippen molar-refractivity contribution in [1.29, 1.82) is 0 Å². The number of aromatic nitrogens is 1. The van der Waals surface area contributed by atoms with Crippen LogP contribution >= 0.6 is 27.7 Å². The Morgan fingerprint density at radius 2 is 2.26 bits per heavy atom. The van der Waals surface area contributed by atoms with Gasteiger partial charge in [-0.1, -0.05) is 28.9 Å². The van der Waals surface area contributed by atoms with Crippen LogP contribution in [0, 0.1) is 6.92 Å². The zero-order valence-electron chi connectivity index (χ0n) is 11.2. The van der Waals surface area contributed by atoms with Crippen LogP contribution in [0.15, 0.2) is 43.5 Å². The summed E-state index contributed by atoms with van der Waals surface area (Å²) in [6.45, 7) is 7.15. The number of rotatable bonds is 5. The lowest BCUT2D eigenvalue weighted by atomic mass is 10.1. The fraction of sp³-hybridized carbons (Fsp3) is 0.357. The summed E-state index contributed by atoms with van der Waals surface area (Å²) in [5.41, 5.74) is 2.16. The largest absolute Gasteiger partial charge is 0.439 e. The summed E-state index contributed by atoms with van der Waals surface area (Å²) in [5.74, 6) is 0. The van der Waals surface area contributed by atoms with Crippen LogP contribution in [-0.4, -0.2) is 11.5 Å². The van der Waals surface area contributed by atoms with Crippen molar-refractivity contribution < 1.29 is 4.42 Å². The van der Waals surface area contributed by atoms with E-state index in [1.54, 1.807) is 18.0 Å². The molecule has 0 saturated carbocycles. The predicted octanol–water partition coefficient (Wildman–Crippen LogP) is 4.57. The highest BCUT2D eigenvalue weighted by molar-refractivity contribution is 9.10. The van der Waals surface area contributed by atoms with E-state index in [1.165, 1.54) is 5.56 Å². The van der Waals surface area contributed by atoms with Crippen molar-refractivity contribution in [1.82, 2.24) is 10.3 Å². The van der Waals surface area contributed by atoms with E-state index in [2.05, 4.69) is 58.3 Å². The molecule has 0 aliphatic rings. The number of benzene rings is 1. The van der Waals surface area contributed by atoms with Crippen LogP contribution in [0.5, 0.6) is 0 Å². The Labute approximate surface area is 126 Å². The molecule has 0 fully saturated rings. The first-order valence-corrected chi connectivity index (χ1v) is 7.84. The van der Waals surface area contributed by atoms with Gasteiger partial charge in [-0.2, -0.15) is 0 Å². The first-order valence-electron chi connectivity index (χ1n) is 6.23. The third-order valence-electron chi connectivity index (χ3n) is 2.75. The Kier molecular flexibility index (Phi) is 5.07. The quantitative estimate of drug-likeness (QED) is 0.865. The third kappa shape index (κ3) is 3.84. The van der Waals surface area contributed by atoms with Crippen LogP contribution in [0.25, 0.3) is 0 Å². The maximum atomic E-state index is 5.42. The molecule has 5 heteroatoms. The third-order valence-corrected chi connectivity index (χ3v) is 4.18. The monoisotopic (exact) mass is 340 g/mol. The lowest BCUT2D eigenvalue weighted by molar-refractivity contribution is 0.454. The molecule has 19 heavy (non-hydrogen) atoms. The number of oxazole rings is 1. The second kappa shape index (κ2) is 6.59. The Bertz CT molecular complexity index is 556. The lowest BCUT2D eigenvalue weighted by Gasteiger charge is -2.16. The van der Waals surface area contributed by atoms with E-state index in [-0.39, 0.29) is 0 Å². The van der Waals surface area contributed by atoms with Crippen molar-refractivity contribution in [3.63, 3.8) is 0 Å². The van der Waals surface area contributed by atoms with Gasteiger partial charge >= 0.3 is 0 Å². The first kappa shape index (κ1) is 14.6. The Balaban J connectivity index is 2.29. The summed E-state index contributed by atoms with van der Waals surface area (Å²) in [5, 5.41) is 4.11. The van der Waals surface area contributed by atoms with E-state index < -0.39 is 0 Å². The molecular formula is C14H17BrN2OS. The Hall–Kier alpha value is -0.780. The minimum Gasteiger partial charge on any atom is -0.439 e. The molecule has 102 valence electrons. The van der Waals surface area contributed by atoms with E-state index in [1.807, 2.05) is 6.92 Å². The predicted molar refractivity (Wildman–Crippen MR) is 81.6 cm³/mol. The maximum Gasteiger partial charge on any atom is 0.260 e. The van der Waals surface area contributed by atoms with Gasteiger partial charge in [-0.15, -0.1) is 0 Å². The van der Waals surface area contributed by atoms with Crippen molar-refractivity contribution >= 4 is 27.7 Å². The number of halogens is 1. The molecule has 2 rings (SSSR count). The molecule has 1 atom stereocenters. The van der Waals surface area contributed by atoms with E-state index in [4.69, 9.17) is 4.42 Å². The van der Waals surface area contributed by atoms with Crippen molar-refractivity contribution in [2.75, 3.05) is 6.54 Å². The van der Waals surface area contributed by atoms with Crippen molar-refractivity contribution in [3.05, 3.63) is 40.2 Å². The highest BCUT2D eigenvalue weighted by Crippen LogP contribution is 2.34. The van der Waals surface area contributed by atoms with Crippen LogP contribution < -0.4 is 5.32 Å². The number of hydrogen-bond acceptors (Lipinski definition) is 4. The van der Waals surface area contributed by atoms with Gasteiger partial charge in [-0.25, -0.2) is 4.98 Å². The van der Waals surface area contributed by atoms with E-state index >= 15 is 0 Å². The second-order valence-corrected chi connectivity index (χ2v) is 6.23. The highest BCUT2D eigenvalue weighted by Gasteiger charge is 2.13. The van der Waals surface area contributed by atoms with Crippen LogP contribution in [0.4, 0.5) is 0 Å². The smallest absolute Gasteiger partial charge is 0.260 e. The summed E-state index contributed by atoms with van der Waals surface area (Å²) in [7, 11) is 0. The van der Waals surface area contributed by atoms with Gasteiger partial charge in [0.05, 0.1) is 5.69 Å². The van der Waals surface area contributed by atoms with Gasteiger partial charge in [0, 0.05) is 15.4 Å². The van der Waals surface area contributed by atoms with Gasteiger partial charge in [-0.3, -0.25) is 0 Å². The summed E-state index contributed by atoms with van der Waals surface area (Å²) in [4.78, 5) is 5.50. The number of nitrogens with zero attached hydrogens (tertiary/aromatic N) is 1. The standard InChI is InChI=1S/C14H17BrN2OS/c1-4-16-10(3)12-6-5-11(15)7-13(12)19-14-17-9(2)8-18-14/h5-8,10,16H,4H2,1-3H3. The minimum atomic E-state index is 0.302. The Morgan fingerprint density at radius 1 is 1.47 bits per heavy atom. The van der Waals surface area contributed by atoms with Gasteiger partial charge in [0.2, 0.25) is 0 Å². The van der Waals surface area contributed by atoms with Crippen molar-refractivity contribution in [2.45, 2.75) is 36.9 Å². The lowest BCUT2D eigenvalue weighted by Crippen LogP contribution is -2.18. The fourth-order valence-electron chi connectivity index (χ4n) is 1.84. The second-order valence-electron chi connectivity index (χ2n) is 4.32. The summed E-state index contributed by atoms with van der Waals surface area (Å²) in [6, 6.07) is 6.61. The maximum absolute atomic E-state index is 5.42. The summed E-state index contributed by atoms with van der Waals surface area (Å²) < 4.78 is 6.48.